The van der Waals surface area contributed by atoms with Gasteiger partial charge in [-0.15, -0.1) is 0 Å². The third-order valence-electron chi connectivity index (χ3n) is 6.19. The first kappa shape index (κ1) is 22.5. The van der Waals surface area contributed by atoms with E-state index in [-0.39, 0.29) is 5.56 Å². The fraction of sp³-hybridized carbons (Fsp3) is 0.333. The number of halogens is 2. The second-order valence-electron chi connectivity index (χ2n) is 8.42. The molecule has 6 nitrogen and oxygen atoms in total. The topological polar surface area (TPSA) is 74.8 Å². The molecule has 8 heteroatoms. The number of Topliss-reactive ketones (excluding diaryl/α,β-unsaturated/α-hetero) is 1. The van der Waals surface area contributed by atoms with Crippen molar-refractivity contribution in [1.82, 2.24) is 10.0 Å². The standard InChI is InChI=1S/C24H22Cl2N2O4/c1-14-2-11-19-20(12-14)24(32)28(23(19)31)27(22(30)16-5-9-18(26)10-6-16)13-21(29)15-3-7-17(25)8-4-15/h3-10,14,19-20H,2,11-13H2,1H3/t14-,19-,20-/m1/s1. The number of ketones is 1. The summed E-state index contributed by atoms with van der Waals surface area (Å²) in [7, 11) is 0. The van der Waals surface area contributed by atoms with E-state index in [4.69, 9.17) is 23.2 Å². The molecule has 1 aliphatic heterocycles. The minimum atomic E-state index is -0.614. The van der Waals surface area contributed by atoms with Gasteiger partial charge in [-0.25, -0.2) is 5.01 Å². The zero-order valence-corrected chi connectivity index (χ0v) is 19.0. The molecule has 0 spiro atoms. The van der Waals surface area contributed by atoms with E-state index < -0.39 is 41.9 Å². The van der Waals surface area contributed by atoms with Gasteiger partial charge in [0.25, 0.3) is 17.7 Å². The average molecular weight is 473 g/mol. The Labute approximate surface area is 196 Å². The van der Waals surface area contributed by atoms with E-state index in [1.54, 1.807) is 36.4 Å². The molecule has 32 heavy (non-hydrogen) atoms. The monoisotopic (exact) mass is 472 g/mol. The predicted octanol–water partition coefficient (Wildman–Crippen LogP) is 4.65. The van der Waals surface area contributed by atoms with E-state index in [0.717, 1.165) is 16.4 Å². The Hall–Kier alpha value is -2.70. The minimum absolute atomic E-state index is 0.224. The molecule has 3 atom stereocenters. The molecule has 1 aliphatic carbocycles. The summed E-state index contributed by atoms with van der Waals surface area (Å²) in [5.41, 5.74) is 0.551. The van der Waals surface area contributed by atoms with Gasteiger partial charge in [-0.2, -0.15) is 5.01 Å². The molecule has 2 aromatic carbocycles. The smallest absolute Gasteiger partial charge is 0.273 e. The Kier molecular flexibility index (Phi) is 6.35. The molecule has 2 aliphatic rings. The van der Waals surface area contributed by atoms with Gasteiger partial charge < -0.3 is 0 Å². The van der Waals surface area contributed by atoms with Gasteiger partial charge in [0.1, 0.15) is 6.54 Å². The van der Waals surface area contributed by atoms with Crippen molar-refractivity contribution in [2.24, 2.45) is 17.8 Å². The number of carbonyl (C=O) groups is 4. The third kappa shape index (κ3) is 4.30. The number of fused-ring (bicyclic) bond motifs is 1. The minimum Gasteiger partial charge on any atom is -0.292 e. The summed E-state index contributed by atoms with van der Waals surface area (Å²) < 4.78 is 0. The molecule has 1 saturated carbocycles. The number of nitrogens with zero attached hydrogens (tertiary/aromatic N) is 2. The first-order valence-electron chi connectivity index (χ1n) is 10.5. The molecular weight excluding hydrogens is 451 g/mol. The molecule has 1 heterocycles. The lowest BCUT2D eigenvalue weighted by atomic mass is 9.76. The second-order valence-corrected chi connectivity index (χ2v) is 9.29. The average Bonchev–Trinajstić information content (AvgIpc) is 3.02. The number of hydrogen-bond acceptors (Lipinski definition) is 4. The van der Waals surface area contributed by atoms with Crippen LogP contribution in [-0.2, 0) is 9.59 Å². The van der Waals surface area contributed by atoms with Crippen LogP contribution in [0.2, 0.25) is 10.0 Å². The maximum Gasteiger partial charge on any atom is 0.273 e. The zero-order valence-electron chi connectivity index (χ0n) is 17.5. The molecule has 0 bridgehead atoms. The van der Waals surface area contributed by atoms with Gasteiger partial charge in [0, 0.05) is 21.2 Å². The quantitative estimate of drug-likeness (QED) is 0.468. The number of imide groups is 1. The summed E-state index contributed by atoms with van der Waals surface area (Å²) >= 11 is 11.8. The number of amides is 3. The number of hydrazine groups is 1. The van der Waals surface area contributed by atoms with Crippen molar-refractivity contribution in [2.75, 3.05) is 6.54 Å². The van der Waals surface area contributed by atoms with Crippen LogP contribution in [0.1, 0.15) is 46.9 Å². The Morgan fingerprint density at radius 3 is 2.00 bits per heavy atom. The highest BCUT2D eigenvalue weighted by Gasteiger charge is 2.52. The van der Waals surface area contributed by atoms with E-state index in [0.29, 0.717) is 34.4 Å². The first-order chi connectivity index (χ1) is 15.3. The van der Waals surface area contributed by atoms with E-state index in [9.17, 15) is 19.2 Å². The third-order valence-corrected chi connectivity index (χ3v) is 6.69. The number of carbonyl (C=O) groups excluding carboxylic acids is 4. The van der Waals surface area contributed by atoms with Crippen molar-refractivity contribution in [3.63, 3.8) is 0 Å². The summed E-state index contributed by atoms with van der Waals surface area (Å²) in [6.07, 6.45) is 2.05. The molecule has 0 radical (unpaired) electrons. The first-order valence-corrected chi connectivity index (χ1v) is 11.3. The molecule has 0 unspecified atom stereocenters. The van der Waals surface area contributed by atoms with E-state index in [2.05, 4.69) is 6.92 Å². The highest BCUT2D eigenvalue weighted by atomic mass is 35.5. The van der Waals surface area contributed by atoms with Crippen LogP contribution in [0.15, 0.2) is 48.5 Å². The molecule has 1 saturated heterocycles. The van der Waals surface area contributed by atoms with Crippen molar-refractivity contribution in [1.29, 1.82) is 0 Å². The van der Waals surface area contributed by atoms with Crippen molar-refractivity contribution in [2.45, 2.75) is 26.2 Å². The predicted molar refractivity (Wildman–Crippen MR) is 120 cm³/mol. The molecule has 3 amide bonds. The number of benzene rings is 2. The van der Waals surface area contributed by atoms with E-state index >= 15 is 0 Å². The normalized spacial score (nSPS) is 22.6. The van der Waals surface area contributed by atoms with Crippen molar-refractivity contribution in [3.8, 4) is 0 Å². The van der Waals surface area contributed by atoms with Crippen LogP contribution < -0.4 is 0 Å². The Bertz CT molecular complexity index is 1070. The molecule has 0 aromatic heterocycles. The van der Waals surface area contributed by atoms with E-state index in [1.807, 2.05) is 0 Å². The fourth-order valence-corrected chi connectivity index (χ4v) is 4.70. The zero-order chi connectivity index (χ0) is 23.0. The molecule has 166 valence electrons. The Morgan fingerprint density at radius 2 is 1.41 bits per heavy atom. The SMILES string of the molecule is C[C@@H]1CC[C@H]2C(=O)N(N(CC(=O)c3ccc(Cl)cc3)C(=O)c3ccc(Cl)cc3)C(=O)[C@@H]2C1. The summed E-state index contributed by atoms with van der Waals surface area (Å²) in [5.74, 6) is -2.45. The Morgan fingerprint density at radius 1 is 0.875 bits per heavy atom. The van der Waals surface area contributed by atoms with Gasteiger partial charge in [0.15, 0.2) is 5.78 Å². The number of hydrogen-bond donors (Lipinski definition) is 0. The van der Waals surface area contributed by atoms with Gasteiger partial charge in [-0.3, -0.25) is 19.2 Å². The van der Waals surface area contributed by atoms with Gasteiger partial charge in [-0.1, -0.05) is 30.1 Å². The lowest BCUT2D eigenvalue weighted by Crippen LogP contribution is -2.52. The van der Waals surface area contributed by atoms with Crippen molar-refractivity contribution < 1.29 is 19.2 Å². The van der Waals surface area contributed by atoms with Crippen LogP contribution in [0.3, 0.4) is 0 Å². The van der Waals surface area contributed by atoms with Crippen LogP contribution in [0, 0.1) is 17.8 Å². The summed E-state index contributed by atoms with van der Waals surface area (Å²) in [4.78, 5) is 52.8. The van der Waals surface area contributed by atoms with Gasteiger partial charge in [0.05, 0.1) is 11.8 Å². The number of rotatable bonds is 5. The van der Waals surface area contributed by atoms with Crippen LogP contribution >= 0.6 is 23.2 Å². The molecule has 4 rings (SSSR count). The summed E-state index contributed by atoms with van der Waals surface area (Å²) in [5, 5.41) is 2.80. The Balaban J connectivity index is 1.68. The maximum atomic E-state index is 13.4. The van der Waals surface area contributed by atoms with Crippen LogP contribution in [0.25, 0.3) is 0 Å². The van der Waals surface area contributed by atoms with Crippen LogP contribution in [0.4, 0.5) is 0 Å². The summed E-state index contributed by atoms with van der Waals surface area (Å²) in [6, 6.07) is 12.3. The van der Waals surface area contributed by atoms with Crippen molar-refractivity contribution >= 4 is 46.7 Å². The molecule has 2 fully saturated rings. The van der Waals surface area contributed by atoms with Gasteiger partial charge in [0.2, 0.25) is 0 Å². The highest BCUT2D eigenvalue weighted by molar-refractivity contribution is 6.31. The van der Waals surface area contributed by atoms with E-state index in [1.165, 1.54) is 12.1 Å². The largest absolute Gasteiger partial charge is 0.292 e. The van der Waals surface area contributed by atoms with Crippen LogP contribution in [0.5, 0.6) is 0 Å². The van der Waals surface area contributed by atoms with Crippen LogP contribution in [-0.4, -0.2) is 40.1 Å². The lowest BCUT2D eigenvalue weighted by Gasteiger charge is -2.30. The molecule has 0 N–H and O–H groups in total. The van der Waals surface area contributed by atoms with Crippen molar-refractivity contribution in [3.05, 3.63) is 69.7 Å². The maximum absolute atomic E-state index is 13.4. The van der Waals surface area contributed by atoms with Gasteiger partial charge in [-0.05, 0) is 73.7 Å². The fourth-order valence-electron chi connectivity index (χ4n) is 4.45. The second kappa shape index (κ2) is 9.04. The van der Waals surface area contributed by atoms with Gasteiger partial charge >= 0.3 is 0 Å². The summed E-state index contributed by atoms with van der Waals surface area (Å²) in [6.45, 7) is 1.60. The highest BCUT2D eigenvalue weighted by Crippen LogP contribution is 2.41. The lowest BCUT2D eigenvalue weighted by molar-refractivity contribution is -0.154. The molecule has 2 aromatic rings. The molecular formula is C24H22Cl2N2O4.